The molecule has 0 aromatic heterocycles. The van der Waals surface area contributed by atoms with Gasteiger partial charge in [-0.3, -0.25) is 0 Å². The largest absolute Gasteiger partial charge is 0.417 e. The van der Waals surface area contributed by atoms with Gasteiger partial charge in [-0.1, -0.05) is 11.6 Å². The summed E-state index contributed by atoms with van der Waals surface area (Å²) in [7, 11) is 2.01. The number of halogens is 4. The van der Waals surface area contributed by atoms with Gasteiger partial charge in [-0.15, -0.1) is 0 Å². The molecule has 0 spiro atoms. The van der Waals surface area contributed by atoms with Gasteiger partial charge in [-0.05, 0) is 44.6 Å². The standard InChI is InChI=1S/C13H16ClF3N2/c1-19-6-2-3-10(8-19)18-9-4-5-12(14)11(7-9)13(15,16)17/h4-5,7,10,18H,2-3,6,8H2,1H3. The molecular formula is C13H16ClF3N2. The molecule has 0 saturated carbocycles. The van der Waals surface area contributed by atoms with Crippen LogP contribution in [-0.4, -0.2) is 31.1 Å². The van der Waals surface area contributed by atoms with Crippen LogP contribution in [-0.2, 0) is 6.18 Å². The number of nitrogens with one attached hydrogen (secondary N) is 1. The third-order valence-corrected chi connectivity index (χ3v) is 3.60. The van der Waals surface area contributed by atoms with Gasteiger partial charge in [0.15, 0.2) is 0 Å². The molecule has 2 rings (SSSR count). The first-order valence-corrected chi connectivity index (χ1v) is 6.56. The summed E-state index contributed by atoms with van der Waals surface area (Å²) in [5.41, 5.74) is -0.319. The summed E-state index contributed by atoms with van der Waals surface area (Å²) in [5, 5.41) is 2.89. The highest BCUT2D eigenvalue weighted by atomic mass is 35.5. The van der Waals surface area contributed by atoms with Crippen LogP contribution in [0.2, 0.25) is 5.02 Å². The number of nitrogens with zero attached hydrogens (tertiary/aromatic N) is 1. The second-order valence-corrected chi connectivity index (χ2v) is 5.35. The van der Waals surface area contributed by atoms with Gasteiger partial charge in [-0.2, -0.15) is 13.2 Å². The summed E-state index contributed by atoms with van der Waals surface area (Å²) in [6, 6.07) is 4.14. The van der Waals surface area contributed by atoms with E-state index in [0.29, 0.717) is 5.69 Å². The lowest BCUT2D eigenvalue weighted by atomic mass is 10.1. The molecule has 0 aliphatic carbocycles. The number of benzene rings is 1. The number of likely N-dealkylation sites (N-methyl/N-ethyl adjacent to an activating group) is 1. The molecule has 0 radical (unpaired) electrons. The van der Waals surface area contributed by atoms with Crippen molar-refractivity contribution in [2.24, 2.45) is 0 Å². The molecule has 19 heavy (non-hydrogen) atoms. The Kier molecular flexibility index (Phi) is 4.26. The van der Waals surface area contributed by atoms with E-state index < -0.39 is 11.7 Å². The van der Waals surface area contributed by atoms with Crippen LogP contribution in [0.1, 0.15) is 18.4 Å². The molecule has 106 valence electrons. The lowest BCUT2D eigenvalue weighted by molar-refractivity contribution is -0.137. The predicted molar refractivity (Wildman–Crippen MR) is 70.6 cm³/mol. The van der Waals surface area contributed by atoms with E-state index >= 15 is 0 Å². The lowest BCUT2D eigenvalue weighted by Gasteiger charge is -2.31. The summed E-state index contributed by atoms with van der Waals surface area (Å²) in [4.78, 5) is 2.17. The van der Waals surface area contributed by atoms with E-state index in [0.717, 1.165) is 32.0 Å². The highest BCUT2D eigenvalue weighted by Gasteiger charge is 2.33. The van der Waals surface area contributed by atoms with Crippen molar-refractivity contribution in [3.63, 3.8) is 0 Å². The minimum atomic E-state index is -4.42. The van der Waals surface area contributed by atoms with Crippen molar-refractivity contribution in [2.45, 2.75) is 25.1 Å². The first-order chi connectivity index (χ1) is 8.86. The fourth-order valence-corrected chi connectivity index (χ4v) is 2.58. The highest BCUT2D eigenvalue weighted by molar-refractivity contribution is 6.31. The first kappa shape index (κ1) is 14.5. The summed E-state index contributed by atoms with van der Waals surface area (Å²) in [5.74, 6) is 0. The lowest BCUT2D eigenvalue weighted by Crippen LogP contribution is -2.39. The molecule has 1 aromatic carbocycles. The van der Waals surface area contributed by atoms with Crippen LogP contribution in [0.15, 0.2) is 18.2 Å². The average molecular weight is 293 g/mol. The Morgan fingerprint density at radius 1 is 1.37 bits per heavy atom. The molecule has 1 saturated heterocycles. The monoisotopic (exact) mass is 292 g/mol. The molecular weight excluding hydrogens is 277 g/mol. The SMILES string of the molecule is CN1CCCC(Nc2ccc(Cl)c(C(F)(F)F)c2)C1. The van der Waals surface area contributed by atoms with Gasteiger partial charge in [0.25, 0.3) is 0 Å². The average Bonchev–Trinajstić information content (AvgIpc) is 2.30. The van der Waals surface area contributed by atoms with Crippen molar-refractivity contribution in [3.05, 3.63) is 28.8 Å². The zero-order chi connectivity index (χ0) is 14.0. The van der Waals surface area contributed by atoms with E-state index in [1.807, 2.05) is 7.05 Å². The van der Waals surface area contributed by atoms with Crippen molar-refractivity contribution in [1.82, 2.24) is 4.90 Å². The first-order valence-electron chi connectivity index (χ1n) is 6.18. The van der Waals surface area contributed by atoms with Crippen LogP contribution >= 0.6 is 11.6 Å². The Hall–Kier alpha value is -0.940. The molecule has 1 atom stereocenters. The maximum atomic E-state index is 12.7. The Labute approximate surface area is 115 Å². The number of alkyl halides is 3. The molecule has 1 fully saturated rings. The van der Waals surface area contributed by atoms with E-state index in [9.17, 15) is 13.2 Å². The Morgan fingerprint density at radius 3 is 2.74 bits per heavy atom. The highest BCUT2D eigenvalue weighted by Crippen LogP contribution is 2.36. The molecule has 1 aliphatic rings. The Bertz CT molecular complexity index is 448. The fraction of sp³-hybridized carbons (Fsp3) is 0.538. The molecule has 1 aliphatic heterocycles. The van der Waals surface area contributed by atoms with Crippen LogP contribution in [0, 0.1) is 0 Å². The van der Waals surface area contributed by atoms with E-state index in [2.05, 4.69) is 10.2 Å². The second-order valence-electron chi connectivity index (χ2n) is 4.94. The van der Waals surface area contributed by atoms with Crippen LogP contribution < -0.4 is 5.32 Å². The number of rotatable bonds is 2. The van der Waals surface area contributed by atoms with Crippen molar-refractivity contribution in [3.8, 4) is 0 Å². The summed E-state index contributed by atoms with van der Waals surface area (Å²) in [6.07, 6.45) is -2.40. The smallest absolute Gasteiger partial charge is 0.381 e. The maximum absolute atomic E-state index is 12.7. The molecule has 0 amide bonds. The number of hydrogen-bond donors (Lipinski definition) is 1. The normalized spacial score (nSPS) is 21.4. The number of hydrogen-bond acceptors (Lipinski definition) is 2. The van der Waals surface area contributed by atoms with E-state index in [1.165, 1.54) is 6.07 Å². The van der Waals surface area contributed by atoms with Crippen LogP contribution in [0.25, 0.3) is 0 Å². The quantitative estimate of drug-likeness (QED) is 0.890. The third-order valence-electron chi connectivity index (χ3n) is 3.27. The van der Waals surface area contributed by atoms with E-state index in [4.69, 9.17) is 11.6 Å². The van der Waals surface area contributed by atoms with E-state index in [1.54, 1.807) is 6.07 Å². The molecule has 1 aromatic rings. The van der Waals surface area contributed by atoms with Crippen molar-refractivity contribution in [1.29, 1.82) is 0 Å². The molecule has 1 N–H and O–H groups in total. The Balaban J connectivity index is 2.13. The summed E-state index contributed by atoms with van der Waals surface area (Å²) in [6.45, 7) is 1.87. The van der Waals surface area contributed by atoms with Crippen LogP contribution in [0.4, 0.5) is 18.9 Å². The predicted octanol–water partition coefficient (Wildman–Crippen LogP) is 3.86. The van der Waals surface area contributed by atoms with Gasteiger partial charge >= 0.3 is 6.18 Å². The second kappa shape index (κ2) is 5.59. The van der Waals surface area contributed by atoms with Crippen LogP contribution in [0.3, 0.4) is 0 Å². The topological polar surface area (TPSA) is 15.3 Å². The number of anilines is 1. The minimum Gasteiger partial charge on any atom is -0.381 e. The fourth-order valence-electron chi connectivity index (χ4n) is 2.35. The van der Waals surface area contributed by atoms with E-state index in [-0.39, 0.29) is 11.1 Å². The van der Waals surface area contributed by atoms with Gasteiger partial charge in [0.1, 0.15) is 0 Å². The molecule has 6 heteroatoms. The van der Waals surface area contributed by atoms with Gasteiger partial charge in [-0.25, -0.2) is 0 Å². The zero-order valence-electron chi connectivity index (χ0n) is 10.6. The van der Waals surface area contributed by atoms with Crippen molar-refractivity contribution in [2.75, 3.05) is 25.5 Å². The van der Waals surface area contributed by atoms with Gasteiger partial charge in [0, 0.05) is 18.3 Å². The van der Waals surface area contributed by atoms with Gasteiger partial charge in [0.05, 0.1) is 10.6 Å². The summed E-state index contributed by atoms with van der Waals surface area (Å²) < 4.78 is 38.2. The molecule has 0 bridgehead atoms. The molecule has 1 heterocycles. The van der Waals surface area contributed by atoms with Crippen molar-refractivity contribution >= 4 is 17.3 Å². The molecule has 1 unspecified atom stereocenters. The number of likely N-dealkylation sites (tertiary alicyclic amines) is 1. The third kappa shape index (κ3) is 3.76. The van der Waals surface area contributed by atoms with Gasteiger partial charge < -0.3 is 10.2 Å². The zero-order valence-corrected chi connectivity index (χ0v) is 11.4. The number of piperidine rings is 1. The Morgan fingerprint density at radius 2 is 2.11 bits per heavy atom. The minimum absolute atomic E-state index is 0.181. The van der Waals surface area contributed by atoms with Crippen LogP contribution in [0.5, 0.6) is 0 Å². The van der Waals surface area contributed by atoms with Crippen molar-refractivity contribution < 1.29 is 13.2 Å². The maximum Gasteiger partial charge on any atom is 0.417 e. The summed E-state index contributed by atoms with van der Waals surface area (Å²) >= 11 is 5.59. The molecule has 2 nitrogen and oxygen atoms in total. The van der Waals surface area contributed by atoms with Gasteiger partial charge in [0.2, 0.25) is 0 Å².